The molecule has 15 heavy (non-hydrogen) atoms. The topological polar surface area (TPSA) is 66.0 Å². The van der Waals surface area contributed by atoms with Crippen molar-refractivity contribution in [3.63, 3.8) is 0 Å². The summed E-state index contributed by atoms with van der Waals surface area (Å²) in [5, 5.41) is 8.87. The number of aromatic nitrogens is 2. The van der Waals surface area contributed by atoms with E-state index in [1.807, 2.05) is 6.92 Å². The van der Waals surface area contributed by atoms with E-state index in [1.54, 1.807) is 0 Å². The number of hydrogen-bond acceptors (Lipinski definition) is 2. The van der Waals surface area contributed by atoms with Crippen LogP contribution in [0.4, 0.5) is 4.39 Å². The van der Waals surface area contributed by atoms with Crippen LogP contribution in [0.3, 0.4) is 0 Å². The summed E-state index contributed by atoms with van der Waals surface area (Å²) >= 11 is 0. The number of carbonyl (C=O) groups is 1. The van der Waals surface area contributed by atoms with E-state index in [-0.39, 0.29) is 5.56 Å². The summed E-state index contributed by atoms with van der Waals surface area (Å²) in [5.74, 6) is -1.10. The molecule has 1 aromatic carbocycles. The fourth-order valence-electron chi connectivity index (χ4n) is 1.46. The van der Waals surface area contributed by atoms with Crippen LogP contribution in [-0.2, 0) is 6.42 Å². The van der Waals surface area contributed by atoms with Crippen LogP contribution in [0.25, 0.3) is 11.0 Å². The number of carboxylic acid groups (broad SMARTS) is 1. The predicted molar refractivity (Wildman–Crippen MR) is 52.4 cm³/mol. The van der Waals surface area contributed by atoms with E-state index < -0.39 is 11.8 Å². The first-order valence-corrected chi connectivity index (χ1v) is 4.53. The summed E-state index contributed by atoms with van der Waals surface area (Å²) in [4.78, 5) is 17.8. The normalized spacial score (nSPS) is 10.8. The number of nitrogens with one attached hydrogen (secondary N) is 1. The van der Waals surface area contributed by atoms with Crippen LogP contribution < -0.4 is 0 Å². The van der Waals surface area contributed by atoms with Gasteiger partial charge in [0.2, 0.25) is 0 Å². The Hall–Kier alpha value is -1.91. The minimum absolute atomic E-state index is 0.110. The summed E-state index contributed by atoms with van der Waals surface area (Å²) in [6.07, 6.45) is 0.648. The van der Waals surface area contributed by atoms with Crippen molar-refractivity contribution >= 4 is 17.0 Å². The van der Waals surface area contributed by atoms with Gasteiger partial charge in [0.15, 0.2) is 0 Å². The van der Waals surface area contributed by atoms with Crippen molar-refractivity contribution in [3.05, 3.63) is 29.3 Å². The molecule has 2 rings (SSSR count). The molecule has 0 saturated carbocycles. The molecule has 2 aromatic rings. The van der Waals surface area contributed by atoms with Crippen molar-refractivity contribution in [1.82, 2.24) is 9.97 Å². The first-order valence-electron chi connectivity index (χ1n) is 4.53. The van der Waals surface area contributed by atoms with Crippen molar-refractivity contribution in [1.29, 1.82) is 0 Å². The first-order chi connectivity index (χ1) is 7.11. The molecule has 0 unspecified atom stereocenters. The molecule has 0 amide bonds. The summed E-state index contributed by atoms with van der Waals surface area (Å²) < 4.78 is 13.1. The molecule has 0 atom stereocenters. The molecule has 0 bridgehead atoms. The fraction of sp³-hybridized carbons (Fsp3) is 0.200. The Labute approximate surface area is 84.8 Å². The molecule has 0 spiro atoms. The smallest absolute Gasteiger partial charge is 0.338 e. The number of nitrogens with zero attached hydrogens (tertiary/aromatic N) is 1. The molecule has 1 heterocycles. The van der Waals surface area contributed by atoms with Gasteiger partial charge in [-0.15, -0.1) is 0 Å². The number of fused-ring (bicyclic) bond motifs is 1. The lowest BCUT2D eigenvalue weighted by Gasteiger charge is -1.95. The zero-order chi connectivity index (χ0) is 11.0. The van der Waals surface area contributed by atoms with Gasteiger partial charge in [0, 0.05) is 6.42 Å². The Morgan fingerprint density at radius 1 is 1.60 bits per heavy atom. The number of imidazole rings is 1. The van der Waals surface area contributed by atoms with Crippen LogP contribution in [-0.4, -0.2) is 21.0 Å². The maximum Gasteiger partial charge on any atom is 0.338 e. The molecule has 0 aliphatic carbocycles. The van der Waals surface area contributed by atoms with Crippen molar-refractivity contribution in [2.24, 2.45) is 0 Å². The van der Waals surface area contributed by atoms with Gasteiger partial charge in [-0.3, -0.25) is 0 Å². The van der Waals surface area contributed by atoms with Crippen molar-refractivity contribution in [3.8, 4) is 0 Å². The Bertz CT molecular complexity index is 533. The van der Waals surface area contributed by atoms with Gasteiger partial charge in [-0.25, -0.2) is 14.2 Å². The zero-order valence-corrected chi connectivity index (χ0v) is 8.04. The average Bonchev–Trinajstić information content (AvgIpc) is 2.58. The molecular weight excluding hydrogens is 199 g/mol. The zero-order valence-electron chi connectivity index (χ0n) is 8.04. The molecule has 5 heteroatoms. The number of rotatable bonds is 2. The van der Waals surface area contributed by atoms with E-state index in [0.29, 0.717) is 23.3 Å². The standard InChI is InChI=1S/C10H9FN2O2/c1-2-8-12-7-4-5(11)3-6(10(14)15)9(7)13-8/h3-4H,2H2,1H3,(H,12,13)(H,14,15). The van der Waals surface area contributed by atoms with Gasteiger partial charge in [0.05, 0.1) is 11.1 Å². The highest BCUT2D eigenvalue weighted by molar-refractivity contribution is 6.00. The van der Waals surface area contributed by atoms with Gasteiger partial charge in [-0.1, -0.05) is 6.92 Å². The number of benzene rings is 1. The first kappa shape index (κ1) is 9.64. The summed E-state index contributed by atoms with van der Waals surface area (Å²) in [5.41, 5.74) is 0.617. The van der Waals surface area contributed by atoms with E-state index in [2.05, 4.69) is 9.97 Å². The predicted octanol–water partition coefficient (Wildman–Crippen LogP) is 1.96. The van der Waals surface area contributed by atoms with Crippen molar-refractivity contribution in [2.75, 3.05) is 0 Å². The van der Waals surface area contributed by atoms with E-state index in [1.165, 1.54) is 6.07 Å². The molecular formula is C10H9FN2O2. The maximum atomic E-state index is 13.1. The van der Waals surface area contributed by atoms with E-state index >= 15 is 0 Å². The minimum atomic E-state index is -1.17. The molecule has 1 aromatic heterocycles. The van der Waals surface area contributed by atoms with Crippen LogP contribution in [0.5, 0.6) is 0 Å². The lowest BCUT2D eigenvalue weighted by atomic mass is 10.2. The molecule has 0 radical (unpaired) electrons. The van der Waals surface area contributed by atoms with Gasteiger partial charge in [-0.2, -0.15) is 0 Å². The third kappa shape index (κ3) is 1.56. The largest absolute Gasteiger partial charge is 0.478 e. The minimum Gasteiger partial charge on any atom is -0.478 e. The van der Waals surface area contributed by atoms with Gasteiger partial charge < -0.3 is 10.1 Å². The van der Waals surface area contributed by atoms with Crippen molar-refractivity contribution in [2.45, 2.75) is 13.3 Å². The lowest BCUT2D eigenvalue weighted by molar-refractivity contribution is 0.0698. The van der Waals surface area contributed by atoms with Crippen LogP contribution in [0.1, 0.15) is 23.1 Å². The molecule has 0 saturated heterocycles. The molecule has 0 fully saturated rings. The van der Waals surface area contributed by atoms with Crippen molar-refractivity contribution < 1.29 is 14.3 Å². The van der Waals surface area contributed by atoms with E-state index in [9.17, 15) is 9.18 Å². The van der Waals surface area contributed by atoms with Crippen LogP contribution in [0.15, 0.2) is 12.1 Å². The van der Waals surface area contributed by atoms with Crippen LogP contribution >= 0.6 is 0 Å². The second kappa shape index (κ2) is 3.34. The van der Waals surface area contributed by atoms with E-state index in [4.69, 9.17) is 5.11 Å². The number of aromatic carboxylic acids is 1. The summed E-state index contributed by atoms with van der Waals surface area (Å²) in [6, 6.07) is 2.22. The highest BCUT2D eigenvalue weighted by Gasteiger charge is 2.14. The highest BCUT2D eigenvalue weighted by Crippen LogP contribution is 2.18. The third-order valence-corrected chi connectivity index (χ3v) is 2.17. The molecule has 0 aliphatic rings. The number of carboxylic acids is 1. The molecule has 4 nitrogen and oxygen atoms in total. The highest BCUT2D eigenvalue weighted by atomic mass is 19.1. The molecule has 0 aliphatic heterocycles. The average molecular weight is 208 g/mol. The maximum absolute atomic E-state index is 13.1. The summed E-state index contributed by atoms with van der Waals surface area (Å²) in [6.45, 7) is 1.88. The Morgan fingerprint density at radius 2 is 2.33 bits per heavy atom. The molecule has 78 valence electrons. The lowest BCUT2D eigenvalue weighted by Crippen LogP contribution is -1.98. The second-order valence-electron chi connectivity index (χ2n) is 3.19. The molecule has 2 N–H and O–H groups in total. The third-order valence-electron chi connectivity index (χ3n) is 2.17. The van der Waals surface area contributed by atoms with E-state index in [0.717, 1.165) is 6.07 Å². The number of hydrogen-bond donors (Lipinski definition) is 2. The monoisotopic (exact) mass is 208 g/mol. The second-order valence-corrected chi connectivity index (χ2v) is 3.19. The SMILES string of the molecule is CCc1nc2c(C(=O)O)cc(F)cc2[nH]1. The number of H-pyrrole nitrogens is 1. The fourth-order valence-corrected chi connectivity index (χ4v) is 1.46. The summed E-state index contributed by atoms with van der Waals surface area (Å²) in [7, 11) is 0. The quantitative estimate of drug-likeness (QED) is 0.792. The number of aromatic amines is 1. The van der Waals surface area contributed by atoms with Crippen LogP contribution in [0, 0.1) is 5.82 Å². The Kier molecular flexibility index (Phi) is 2.15. The van der Waals surface area contributed by atoms with Gasteiger partial charge in [0.25, 0.3) is 0 Å². The Morgan fingerprint density at radius 3 is 2.93 bits per heavy atom. The van der Waals surface area contributed by atoms with Gasteiger partial charge in [0.1, 0.15) is 17.2 Å². The van der Waals surface area contributed by atoms with Crippen LogP contribution in [0.2, 0.25) is 0 Å². The van der Waals surface area contributed by atoms with Gasteiger partial charge in [-0.05, 0) is 12.1 Å². The van der Waals surface area contributed by atoms with Gasteiger partial charge >= 0.3 is 5.97 Å². The number of halogens is 1. The number of aryl methyl sites for hydroxylation is 1. The Balaban J connectivity index is 2.77.